The van der Waals surface area contributed by atoms with Crippen LogP contribution in [0.4, 0.5) is 0 Å². The van der Waals surface area contributed by atoms with Crippen molar-refractivity contribution in [1.29, 1.82) is 0 Å². The third kappa shape index (κ3) is 11.3. The number of nitrogens with zero attached hydrogens (tertiary/aromatic N) is 3. The first-order valence-electron chi connectivity index (χ1n) is 13.5. The van der Waals surface area contributed by atoms with E-state index in [1.165, 1.54) is 11.1 Å². The minimum atomic E-state index is -1.82. The Hall–Kier alpha value is -3.76. The van der Waals surface area contributed by atoms with Crippen LogP contribution in [0.2, 0.25) is 10.0 Å². The number of aromatic nitrogens is 1. The molecule has 3 aromatic rings. The van der Waals surface area contributed by atoms with Crippen LogP contribution in [0, 0.1) is 0 Å². The molecule has 1 aliphatic rings. The number of carboxylic acids is 2. The molecule has 11 heteroatoms. The third-order valence-electron chi connectivity index (χ3n) is 6.64. The van der Waals surface area contributed by atoms with E-state index in [0.717, 1.165) is 61.2 Å². The highest BCUT2D eigenvalue weighted by atomic mass is 35.5. The maximum atomic E-state index is 12.0. The smallest absolute Gasteiger partial charge is 0.414 e. The molecule has 2 aromatic carbocycles. The van der Waals surface area contributed by atoms with Gasteiger partial charge in [0.05, 0.1) is 6.04 Å². The van der Waals surface area contributed by atoms with Gasteiger partial charge in [-0.2, -0.15) is 0 Å². The fraction of sp³-hybridized carbons (Fsp3) is 0.290. The van der Waals surface area contributed by atoms with Gasteiger partial charge in [-0.15, -0.1) is 0 Å². The lowest BCUT2D eigenvalue weighted by Crippen LogP contribution is -2.48. The largest absolute Gasteiger partial charge is 0.473 e. The van der Waals surface area contributed by atoms with Crippen molar-refractivity contribution in [1.82, 2.24) is 20.1 Å². The number of carbonyl (C=O) groups excluding carboxylic acids is 1. The third-order valence-corrected chi connectivity index (χ3v) is 7.14. The summed E-state index contributed by atoms with van der Waals surface area (Å²) in [6.45, 7) is 5.76. The first kappa shape index (κ1) is 32.8. The van der Waals surface area contributed by atoms with E-state index >= 15 is 0 Å². The van der Waals surface area contributed by atoms with Crippen LogP contribution in [-0.4, -0.2) is 82.1 Å². The molecular formula is C31H34Cl2N4O5. The summed E-state index contributed by atoms with van der Waals surface area (Å²) >= 11 is 12.3. The fourth-order valence-electron chi connectivity index (χ4n) is 4.53. The number of hydrogen-bond donors (Lipinski definition) is 3. The second-order valence-electron chi connectivity index (χ2n) is 9.61. The maximum Gasteiger partial charge on any atom is 0.414 e. The standard InChI is InChI=1S/C29H32Cl2N4O.C2H2O4/c30-26-10-6-24(7-11-26)29(25-8-12-27(31)13-9-25)35-20-18-34(19-21-35)17-2-1-16-33-28(36)14-5-23-4-3-15-32-22-23;3-1(4)2(5)6/h3-15,22,29H,1-2,16-21H2,(H,33,36);(H,3,4)(H,5,6)/b14-5+;. The zero-order chi connectivity index (χ0) is 30.3. The van der Waals surface area contributed by atoms with Crippen molar-refractivity contribution < 1.29 is 24.6 Å². The molecule has 3 N–H and O–H groups in total. The van der Waals surface area contributed by atoms with Crippen LogP contribution in [0.15, 0.2) is 79.1 Å². The average Bonchev–Trinajstić information content (AvgIpc) is 2.99. The lowest BCUT2D eigenvalue weighted by atomic mass is 9.96. The second kappa shape index (κ2) is 17.3. The highest BCUT2D eigenvalue weighted by Crippen LogP contribution is 2.31. The molecule has 1 saturated heterocycles. The number of halogens is 2. The molecule has 2 heterocycles. The summed E-state index contributed by atoms with van der Waals surface area (Å²) in [6.07, 6.45) is 8.82. The molecular weight excluding hydrogens is 579 g/mol. The van der Waals surface area contributed by atoms with E-state index < -0.39 is 11.9 Å². The Morgan fingerprint density at radius 1 is 0.857 bits per heavy atom. The van der Waals surface area contributed by atoms with Crippen LogP contribution in [-0.2, 0) is 14.4 Å². The van der Waals surface area contributed by atoms with Gasteiger partial charge in [0.2, 0.25) is 5.91 Å². The van der Waals surface area contributed by atoms with E-state index in [-0.39, 0.29) is 11.9 Å². The highest BCUT2D eigenvalue weighted by Gasteiger charge is 2.26. The van der Waals surface area contributed by atoms with E-state index in [9.17, 15) is 4.79 Å². The molecule has 0 saturated carbocycles. The van der Waals surface area contributed by atoms with Gasteiger partial charge in [-0.3, -0.25) is 14.7 Å². The number of benzene rings is 2. The molecule has 0 aliphatic carbocycles. The van der Waals surface area contributed by atoms with E-state index in [2.05, 4.69) is 44.4 Å². The summed E-state index contributed by atoms with van der Waals surface area (Å²) < 4.78 is 0. The van der Waals surface area contributed by atoms with Gasteiger partial charge in [0, 0.05) is 61.2 Å². The Bertz CT molecular complexity index is 1260. The maximum absolute atomic E-state index is 12.0. The van der Waals surface area contributed by atoms with Crippen molar-refractivity contribution in [2.75, 3.05) is 39.3 Å². The Kier molecular flexibility index (Phi) is 13.5. The quantitative estimate of drug-likeness (QED) is 0.168. The van der Waals surface area contributed by atoms with Crippen LogP contribution in [0.3, 0.4) is 0 Å². The number of carboxylic acid groups (broad SMARTS) is 2. The SMILES string of the molecule is O=C(/C=C/c1cccnc1)NCCCCN1CCN(C(c2ccc(Cl)cc2)c2ccc(Cl)cc2)CC1.O=C(O)C(=O)O. The molecule has 0 spiro atoms. The van der Waals surface area contributed by atoms with Crippen molar-refractivity contribution in [2.45, 2.75) is 18.9 Å². The lowest BCUT2D eigenvalue weighted by Gasteiger charge is -2.40. The number of nitrogens with one attached hydrogen (secondary N) is 1. The molecule has 4 rings (SSSR count). The first-order valence-corrected chi connectivity index (χ1v) is 14.3. The summed E-state index contributed by atoms with van der Waals surface area (Å²) in [5.41, 5.74) is 3.40. The van der Waals surface area contributed by atoms with Gasteiger partial charge in [-0.25, -0.2) is 9.59 Å². The minimum absolute atomic E-state index is 0.0668. The molecule has 0 unspecified atom stereocenters. The van der Waals surface area contributed by atoms with Crippen LogP contribution in [0.5, 0.6) is 0 Å². The van der Waals surface area contributed by atoms with Crippen LogP contribution >= 0.6 is 23.2 Å². The second-order valence-corrected chi connectivity index (χ2v) is 10.5. The lowest BCUT2D eigenvalue weighted by molar-refractivity contribution is -0.159. The summed E-state index contributed by atoms with van der Waals surface area (Å²) in [4.78, 5) is 39.3. The number of hydrogen-bond acceptors (Lipinski definition) is 6. The number of pyridine rings is 1. The van der Waals surface area contributed by atoms with Gasteiger partial charge in [0.1, 0.15) is 0 Å². The molecule has 1 amide bonds. The number of carbonyl (C=O) groups is 3. The molecule has 0 atom stereocenters. The number of aliphatic carboxylic acids is 2. The van der Waals surface area contributed by atoms with Gasteiger partial charge in [-0.05, 0) is 72.5 Å². The van der Waals surface area contributed by atoms with E-state index in [0.29, 0.717) is 6.54 Å². The van der Waals surface area contributed by atoms with Gasteiger partial charge in [-0.1, -0.05) is 53.5 Å². The molecule has 0 radical (unpaired) electrons. The topological polar surface area (TPSA) is 123 Å². The zero-order valence-electron chi connectivity index (χ0n) is 23.0. The minimum Gasteiger partial charge on any atom is -0.473 e. The predicted octanol–water partition coefficient (Wildman–Crippen LogP) is 4.86. The molecule has 1 fully saturated rings. The van der Waals surface area contributed by atoms with Gasteiger partial charge < -0.3 is 20.4 Å². The van der Waals surface area contributed by atoms with E-state index in [1.807, 2.05) is 36.4 Å². The van der Waals surface area contributed by atoms with Crippen LogP contribution in [0.25, 0.3) is 6.08 Å². The fourth-order valence-corrected chi connectivity index (χ4v) is 4.78. The number of amides is 1. The Labute approximate surface area is 255 Å². The van der Waals surface area contributed by atoms with Crippen LogP contribution in [0.1, 0.15) is 35.6 Å². The highest BCUT2D eigenvalue weighted by molar-refractivity contribution is 6.30. The summed E-state index contributed by atoms with van der Waals surface area (Å²) in [6, 6.07) is 20.3. The number of unbranched alkanes of at least 4 members (excludes halogenated alkanes) is 1. The molecule has 42 heavy (non-hydrogen) atoms. The monoisotopic (exact) mass is 612 g/mol. The first-order chi connectivity index (χ1) is 20.2. The Morgan fingerprint density at radius 2 is 1.43 bits per heavy atom. The molecule has 1 aromatic heterocycles. The summed E-state index contributed by atoms with van der Waals surface area (Å²) in [7, 11) is 0. The molecule has 1 aliphatic heterocycles. The van der Waals surface area contributed by atoms with Crippen molar-refractivity contribution >= 4 is 47.1 Å². The number of rotatable bonds is 10. The predicted molar refractivity (Wildman–Crippen MR) is 164 cm³/mol. The summed E-state index contributed by atoms with van der Waals surface area (Å²) in [5, 5.41) is 19.2. The van der Waals surface area contributed by atoms with Gasteiger partial charge in [0.25, 0.3) is 0 Å². The summed E-state index contributed by atoms with van der Waals surface area (Å²) in [5.74, 6) is -3.71. The zero-order valence-corrected chi connectivity index (χ0v) is 24.5. The van der Waals surface area contributed by atoms with Crippen LogP contribution < -0.4 is 5.32 Å². The molecule has 0 bridgehead atoms. The molecule has 222 valence electrons. The van der Waals surface area contributed by atoms with Crippen molar-refractivity contribution in [3.8, 4) is 0 Å². The van der Waals surface area contributed by atoms with E-state index in [4.69, 9.17) is 43.0 Å². The van der Waals surface area contributed by atoms with Crippen molar-refractivity contribution in [3.63, 3.8) is 0 Å². The van der Waals surface area contributed by atoms with Gasteiger partial charge in [0.15, 0.2) is 0 Å². The van der Waals surface area contributed by atoms with Gasteiger partial charge >= 0.3 is 11.9 Å². The van der Waals surface area contributed by atoms with E-state index in [1.54, 1.807) is 24.5 Å². The number of piperazine rings is 1. The Morgan fingerprint density at radius 3 is 1.93 bits per heavy atom. The normalized spacial score (nSPS) is 13.9. The van der Waals surface area contributed by atoms with Crippen molar-refractivity contribution in [3.05, 3.63) is 106 Å². The molecule has 9 nitrogen and oxygen atoms in total. The van der Waals surface area contributed by atoms with Crippen molar-refractivity contribution in [2.24, 2.45) is 0 Å². The average molecular weight is 614 g/mol. The Balaban J connectivity index is 0.000000730.